The van der Waals surface area contributed by atoms with Gasteiger partial charge in [-0.25, -0.2) is 0 Å². The second-order valence-corrected chi connectivity index (χ2v) is 3.36. The molecule has 1 atom stereocenters. The number of carbonyl (C=O) groups is 2. The first-order chi connectivity index (χ1) is 7.16. The smallest absolute Gasteiger partial charge is 0.226 e. The Hall–Kier alpha value is -1.68. The maximum absolute atomic E-state index is 11.8. The maximum Gasteiger partial charge on any atom is 0.226 e. The number of hydrogen-bond donors (Lipinski definition) is 0. The Balaban J connectivity index is 2.55. The minimum atomic E-state index is -0.806. The van der Waals surface area contributed by atoms with E-state index in [9.17, 15) is 9.59 Å². The van der Waals surface area contributed by atoms with Crippen molar-refractivity contribution in [2.75, 3.05) is 12.0 Å². The summed E-state index contributed by atoms with van der Waals surface area (Å²) in [5, 5.41) is 0. The Morgan fingerprint density at radius 2 is 2.07 bits per heavy atom. The highest BCUT2D eigenvalue weighted by molar-refractivity contribution is 6.16. The molecule has 4 heteroatoms. The second-order valence-electron chi connectivity index (χ2n) is 3.36. The number of methoxy groups -OCH3 is 1. The molecule has 1 aromatic carbocycles. The van der Waals surface area contributed by atoms with E-state index in [1.54, 1.807) is 24.3 Å². The Morgan fingerprint density at radius 1 is 1.40 bits per heavy atom. The van der Waals surface area contributed by atoms with Gasteiger partial charge >= 0.3 is 0 Å². The van der Waals surface area contributed by atoms with E-state index in [0.717, 1.165) is 0 Å². The van der Waals surface area contributed by atoms with Crippen LogP contribution in [0.3, 0.4) is 0 Å². The molecule has 2 rings (SSSR count). The Morgan fingerprint density at radius 3 is 2.67 bits per heavy atom. The van der Waals surface area contributed by atoms with Crippen molar-refractivity contribution in [1.82, 2.24) is 0 Å². The summed E-state index contributed by atoms with van der Waals surface area (Å²) in [6.07, 6.45) is -0.806. The monoisotopic (exact) mass is 205 g/mol. The van der Waals surface area contributed by atoms with Gasteiger partial charge in [0.25, 0.3) is 0 Å². The van der Waals surface area contributed by atoms with Crippen molar-refractivity contribution in [2.24, 2.45) is 0 Å². The molecule has 0 aliphatic carbocycles. The second kappa shape index (κ2) is 3.47. The molecular weight excluding hydrogens is 194 g/mol. The molecule has 0 N–H and O–H groups in total. The zero-order valence-corrected chi connectivity index (χ0v) is 8.56. The number of hydrogen-bond acceptors (Lipinski definition) is 3. The van der Waals surface area contributed by atoms with Crippen molar-refractivity contribution in [3.63, 3.8) is 0 Å². The molecule has 0 unspecified atom stereocenters. The molecule has 0 aromatic heterocycles. The molecule has 1 aromatic rings. The van der Waals surface area contributed by atoms with Crippen LogP contribution < -0.4 is 4.90 Å². The van der Waals surface area contributed by atoms with Crippen molar-refractivity contribution in [2.45, 2.75) is 13.2 Å². The number of fused-ring (bicyclic) bond motifs is 1. The fourth-order valence-electron chi connectivity index (χ4n) is 1.82. The first-order valence-electron chi connectivity index (χ1n) is 4.62. The summed E-state index contributed by atoms with van der Waals surface area (Å²) < 4.78 is 5.04. The number of ketones is 1. The van der Waals surface area contributed by atoms with Gasteiger partial charge in [0.1, 0.15) is 0 Å². The molecular formula is C11H11NO3. The number of amides is 1. The van der Waals surface area contributed by atoms with E-state index in [-0.39, 0.29) is 11.7 Å². The summed E-state index contributed by atoms with van der Waals surface area (Å²) in [7, 11) is 1.42. The summed E-state index contributed by atoms with van der Waals surface area (Å²) in [6.45, 7) is 1.42. The van der Waals surface area contributed by atoms with Crippen LogP contribution in [0.15, 0.2) is 24.3 Å². The average Bonchev–Trinajstić information content (AvgIpc) is 2.52. The third kappa shape index (κ3) is 1.34. The van der Waals surface area contributed by atoms with Gasteiger partial charge < -0.3 is 4.74 Å². The van der Waals surface area contributed by atoms with Gasteiger partial charge in [0.05, 0.1) is 5.69 Å². The van der Waals surface area contributed by atoms with Gasteiger partial charge in [0.2, 0.25) is 17.9 Å². The van der Waals surface area contributed by atoms with Gasteiger partial charge in [-0.3, -0.25) is 14.5 Å². The minimum absolute atomic E-state index is 0.164. The normalized spacial score (nSPS) is 19.2. The van der Waals surface area contributed by atoms with Crippen LogP contribution in [-0.4, -0.2) is 25.0 Å². The van der Waals surface area contributed by atoms with Gasteiger partial charge in [-0.2, -0.15) is 0 Å². The third-order valence-electron chi connectivity index (χ3n) is 2.45. The topological polar surface area (TPSA) is 46.6 Å². The summed E-state index contributed by atoms with van der Waals surface area (Å²) in [4.78, 5) is 24.6. The van der Waals surface area contributed by atoms with Crippen molar-refractivity contribution in [3.8, 4) is 0 Å². The molecule has 1 heterocycles. The van der Waals surface area contributed by atoms with E-state index in [4.69, 9.17) is 4.74 Å². The number of ether oxygens (including phenoxy) is 1. The lowest BCUT2D eigenvalue weighted by Gasteiger charge is -2.20. The van der Waals surface area contributed by atoms with E-state index >= 15 is 0 Å². The number of para-hydroxylation sites is 1. The predicted molar refractivity (Wildman–Crippen MR) is 54.7 cm³/mol. The quantitative estimate of drug-likeness (QED) is 0.692. The van der Waals surface area contributed by atoms with Crippen molar-refractivity contribution >= 4 is 17.4 Å². The number of carbonyl (C=O) groups excluding carboxylic acids is 2. The lowest BCUT2D eigenvalue weighted by Crippen LogP contribution is -2.40. The van der Waals surface area contributed by atoms with Crippen molar-refractivity contribution in [1.29, 1.82) is 0 Å². The van der Waals surface area contributed by atoms with Gasteiger partial charge in [-0.15, -0.1) is 0 Å². The molecule has 0 fully saturated rings. The predicted octanol–water partition coefficient (Wildman–Crippen LogP) is 1.21. The molecule has 15 heavy (non-hydrogen) atoms. The lowest BCUT2D eigenvalue weighted by molar-refractivity contribution is -0.118. The molecule has 1 amide bonds. The number of anilines is 1. The molecule has 0 spiro atoms. The number of rotatable bonds is 1. The van der Waals surface area contributed by atoms with Crippen LogP contribution in [0.25, 0.3) is 0 Å². The zero-order chi connectivity index (χ0) is 11.0. The first kappa shape index (κ1) is 9.86. The highest BCUT2D eigenvalue weighted by Gasteiger charge is 2.39. The largest absolute Gasteiger partial charge is 0.354 e. The van der Waals surface area contributed by atoms with Gasteiger partial charge in [-0.05, 0) is 12.1 Å². The Kier molecular flexibility index (Phi) is 2.28. The van der Waals surface area contributed by atoms with Gasteiger partial charge in [-0.1, -0.05) is 12.1 Å². The fraction of sp³-hybridized carbons (Fsp3) is 0.273. The Bertz CT molecular complexity index is 428. The van der Waals surface area contributed by atoms with E-state index in [2.05, 4.69) is 0 Å². The molecule has 0 saturated heterocycles. The molecule has 4 nitrogen and oxygen atoms in total. The average molecular weight is 205 g/mol. The Labute approximate surface area is 87.4 Å². The molecule has 78 valence electrons. The van der Waals surface area contributed by atoms with E-state index < -0.39 is 6.23 Å². The van der Waals surface area contributed by atoms with Crippen LogP contribution >= 0.6 is 0 Å². The van der Waals surface area contributed by atoms with Gasteiger partial charge in [0.15, 0.2) is 0 Å². The van der Waals surface area contributed by atoms with Crippen LogP contribution in [-0.2, 0) is 9.53 Å². The molecule has 1 aliphatic heterocycles. The van der Waals surface area contributed by atoms with Crippen LogP contribution in [0.2, 0.25) is 0 Å². The number of Topliss-reactive ketones (excluding diaryl/α,β-unsaturated/α-hetero) is 1. The molecule has 1 aliphatic rings. The third-order valence-corrected chi connectivity index (χ3v) is 2.45. The minimum Gasteiger partial charge on any atom is -0.354 e. The van der Waals surface area contributed by atoms with Crippen molar-refractivity contribution in [3.05, 3.63) is 29.8 Å². The maximum atomic E-state index is 11.8. The molecule has 0 radical (unpaired) electrons. The summed E-state index contributed by atoms with van der Waals surface area (Å²) in [6, 6.07) is 7.01. The molecule has 0 bridgehead atoms. The molecule has 0 saturated carbocycles. The zero-order valence-electron chi connectivity index (χ0n) is 8.56. The number of nitrogens with zero attached hydrogens (tertiary/aromatic N) is 1. The van der Waals surface area contributed by atoms with E-state index in [1.807, 2.05) is 0 Å². The van der Waals surface area contributed by atoms with E-state index in [1.165, 1.54) is 18.9 Å². The number of benzene rings is 1. The van der Waals surface area contributed by atoms with Crippen LogP contribution in [0.4, 0.5) is 5.69 Å². The van der Waals surface area contributed by atoms with Crippen LogP contribution in [0, 0.1) is 0 Å². The van der Waals surface area contributed by atoms with Crippen LogP contribution in [0.1, 0.15) is 17.3 Å². The highest BCUT2D eigenvalue weighted by atomic mass is 16.5. The van der Waals surface area contributed by atoms with E-state index in [0.29, 0.717) is 11.3 Å². The van der Waals surface area contributed by atoms with Crippen LogP contribution in [0.5, 0.6) is 0 Å². The fourth-order valence-corrected chi connectivity index (χ4v) is 1.82. The lowest BCUT2D eigenvalue weighted by atomic mass is 10.1. The summed E-state index contributed by atoms with van der Waals surface area (Å²) >= 11 is 0. The summed E-state index contributed by atoms with van der Waals surface area (Å²) in [5.74, 6) is -0.358. The van der Waals surface area contributed by atoms with Crippen molar-refractivity contribution < 1.29 is 14.3 Å². The first-order valence-corrected chi connectivity index (χ1v) is 4.62. The standard InChI is InChI=1S/C11H11NO3/c1-7(13)12-9-6-4-3-5-8(9)10(14)11(12)15-2/h3-6,11H,1-2H3/t11-/m0/s1. The highest BCUT2D eigenvalue weighted by Crippen LogP contribution is 2.32. The van der Waals surface area contributed by atoms with Gasteiger partial charge in [0, 0.05) is 19.6 Å². The SMILES string of the molecule is CO[C@H]1C(=O)c2ccccc2N1C(C)=O. The summed E-state index contributed by atoms with van der Waals surface area (Å²) in [5.41, 5.74) is 1.17.